The Balaban J connectivity index is 2.57. The van der Waals surface area contributed by atoms with E-state index in [-0.39, 0.29) is 5.82 Å². The summed E-state index contributed by atoms with van der Waals surface area (Å²) in [6, 6.07) is 3.05. The Labute approximate surface area is 75.5 Å². The van der Waals surface area contributed by atoms with E-state index in [2.05, 4.69) is 5.32 Å². The van der Waals surface area contributed by atoms with Gasteiger partial charge in [0, 0.05) is 11.6 Å². The molecule has 1 N–H and O–H groups in total. The maximum absolute atomic E-state index is 13.2. The number of hydrogen-bond donors (Lipinski definition) is 1. The van der Waals surface area contributed by atoms with Crippen LogP contribution in [0.5, 0.6) is 0 Å². The molecule has 1 aromatic carbocycles. The molecule has 1 heterocycles. The Kier molecular flexibility index (Phi) is 2.03. The Morgan fingerprint density at radius 1 is 1.33 bits per heavy atom. The molecule has 0 amide bonds. The molecule has 0 radical (unpaired) electrons. The molecule has 1 aromatic rings. The third-order valence-electron chi connectivity index (χ3n) is 2.17. The van der Waals surface area contributed by atoms with E-state index in [4.69, 9.17) is 11.6 Å². The molecule has 0 bridgehead atoms. The van der Waals surface area contributed by atoms with Crippen molar-refractivity contribution in [3.8, 4) is 0 Å². The molecule has 0 unspecified atom stereocenters. The summed E-state index contributed by atoms with van der Waals surface area (Å²) < 4.78 is 13.2. The number of hydrogen-bond acceptors (Lipinski definition) is 1. The SMILES string of the molecule is Fc1ccc(Cl)c2c1CCNC2. The quantitative estimate of drug-likeness (QED) is 0.653. The van der Waals surface area contributed by atoms with E-state index >= 15 is 0 Å². The maximum Gasteiger partial charge on any atom is 0.126 e. The molecule has 1 aliphatic rings. The van der Waals surface area contributed by atoms with Crippen molar-refractivity contribution in [2.75, 3.05) is 6.54 Å². The van der Waals surface area contributed by atoms with Gasteiger partial charge in [0.1, 0.15) is 5.82 Å². The van der Waals surface area contributed by atoms with E-state index in [1.165, 1.54) is 6.07 Å². The van der Waals surface area contributed by atoms with Crippen LogP contribution in [0, 0.1) is 5.82 Å². The van der Waals surface area contributed by atoms with Crippen molar-refractivity contribution >= 4 is 11.6 Å². The van der Waals surface area contributed by atoms with Crippen LogP contribution < -0.4 is 5.32 Å². The standard InChI is InChI=1S/C9H9ClFN/c10-8-1-2-9(11)6-3-4-12-5-7(6)8/h1-2,12H,3-5H2. The molecular weight excluding hydrogens is 177 g/mol. The van der Waals surface area contributed by atoms with Crippen molar-refractivity contribution < 1.29 is 4.39 Å². The highest BCUT2D eigenvalue weighted by Gasteiger charge is 2.15. The smallest absolute Gasteiger partial charge is 0.126 e. The third kappa shape index (κ3) is 1.21. The molecule has 0 aromatic heterocycles. The molecular formula is C9H9ClFN. The predicted octanol–water partition coefficient (Wildman–Crippen LogP) is 2.12. The van der Waals surface area contributed by atoms with Crippen LogP contribution in [0.15, 0.2) is 12.1 Å². The van der Waals surface area contributed by atoms with Gasteiger partial charge in [-0.1, -0.05) is 11.6 Å². The van der Waals surface area contributed by atoms with Gasteiger partial charge in [-0.25, -0.2) is 4.39 Å². The summed E-state index contributed by atoms with van der Waals surface area (Å²) in [4.78, 5) is 0. The van der Waals surface area contributed by atoms with Crippen LogP contribution in [-0.2, 0) is 13.0 Å². The average molecular weight is 186 g/mol. The number of halogens is 2. The van der Waals surface area contributed by atoms with Crippen molar-refractivity contribution in [2.24, 2.45) is 0 Å². The summed E-state index contributed by atoms with van der Waals surface area (Å²) in [5.74, 6) is -0.129. The van der Waals surface area contributed by atoms with Crippen LogP contribution >= 0.6 is 11.6 Å². The molecule has 0 aliphatic carbocycles. The van der Waals surface area contributed by atoms with Crippen molar-refractivity contribution in [2.45, 2.75) is 13.0 Å². The van der Waals surface area contributed by atoms with Crippen LogP contribution in [0.3, 0.4) is 0 Å². The first kappa shape index (κ1) is 8.02. The molecule has 2 rings (SSSR count). The van der Waals surface area contributed by atoms with Crippen LogP contribution in [0.25, 0.3) is 0 Å². The number of fused-ring (bicyclic) bond motifs is 1. The summed E-state index contributed by atoms with van der Waals surface area (Å²) in [7, 11) is 0. The zero-order valence-corrected chi connectivity index (χ0v) is 7.29. The van der Waals surface area contributed by atoms with Crippen LogP contribution in [0.1, 0.15) is 11.1 Å². The van der Waals surface area contributed by atoms with Gasteiger partial charge in [0.2, 0.25) is 0 Å². The van der Waals surface area contributed by atoms with Gasteiger partial charge in [0.05, 0.1) is 0 Å². The normalized spacial score (nSPS) is 15.8. The van der Waals surface area contributed by atoms with E-state index in [1.807, 2.05) is 0 Å². The minimum atomic E-state index is -0.129. The van der Waals surface area contributed by atoms with Gasteiger partial charge in [-0.2, -0.15) is 0 Å². The number of rotatable bonds is 0. The topological polar surface area (TPSA) is 12.0 Å². The minimum absolute atomic E-state index is 0.129. The summed E-state index contributed by atoms with van der Waals surface area (Å²) in [5.41, 5.74) is 1.70. The summed E-state index contributed by atoms with van der Waals surface area (Å²) in [5, 5.41) is 3.82. The van der Waals surface area contributed by atoms with Gasteiger partial charge in [0.25, 0.3) is 0 Å². The summed E-state index contributed by atoms with van der Waals surface area (Å²) >= 11 is 5.91. The Morgan fingerprint density at radius 3 is 2.92 bits per heavy atom. The fourth-order valence-corrected chi connectivity index (χ4v) is 1.77. The second-order valence-electron chi connectivity index (χ2n) is 2.91. The van der Waals surface area contributed by atoms with E-state index < -0.39 is 0 Å². The van der Waals surface area contributed by atoms with E-state index in [9.17, 15) is 4.39 Å². The molecule has 1 aliphatic heterocycles. The number of nitrogens with one attached hydrogen (secondary N) is 1. The predicted molar refractivity (Wildman–Crippen MR) is 46.8 cm³/mol. The molecule has 0 fully saturated rings. The highest BCUT2D eigenvalue weighted by molar-refractivity contribution is 6.31. The van der Waals surface area contributed by atoms with Gasteiger partial charge in [-0.3, -0.25) is 0 Å². The lowest BCUT2D eigenvalue weighted by molar-refractivity contribution is 0.569. The fourth-order valence-electron chi connectivity index (χ4n) is 1.52. The lowest BCUT2D eigenvalue weighted by Gasteiger charge is -2.18. The van der Waals surface area contributed by atoms with E-state index in [1.54, 1.807) is 6.07 Å². The van der Waals surface area contributed by atoms with Gasteiger partial charge in [-0.05, 0) is 36.2 Å². The largest absolute Gasteiger partial charge is 0.312 e. The molecule has 1 nitrogen and oxygen atoms in total. The van der Waals surface area contributed by atoms with Gasteiger partial charge in [0.15, 0.2) is 0 Å². The van der Waals surface area contributed by atoms with Gasteiger partial charge >= 0.3 is 0 Å². The highest BCUT2D eigenvalue weighted by atomic mass is 35.5. The molecule has 0 atom stereocenters. The maximum atomic E-state index is 13.2. The second kappa shape index (κ2) is 3.04. The first-order valence-corrected chi connectivity index (χ1v) is 4.33. The fraction of sp³-hybridized carbons (Fsp3) is 0.333. The van der Waals surface area contributed by atoms with E-state index in [0.29, 0.717) is 11.6 Å². The van der Waals surface area contributed by atoms with Crippen molar-refractivity contribution in [1.82, 2.24) is 5.32 Å². The molecule has 0 spiro atoms. The molecule has 0 saturated heterocycles. The molecule has 12 heavy (non-hydrogen) atoms. The van der Waals surface area contributed by atoms with Crippen LogP contribution in [0.4, 0.5) is 4.39 Å². The highest BCUT2D eigenvalue weighted by Crippen LogP contribution is 2.24. The molecule has 64 valence electrons. The second-order valence-corrected chi connectivity index (χ2v) is 3.32. The molecule has 3 heteroatoms. The van der Waals surface area contributed by atoms with Crippen molar-refractivity contribution in [1.29, 1.82) is 0 Å². The van der Waals surface area contributed by atoms with Gasteiger partial charge in [-0.15, -0.1) is 0 Å². The Bertz CT molecular complexity index is 281. The minimum Gasteiger partial charge on any atom is -0.312 e. The van der Waals surface area contributed by atoms with Crippen LogP contribution in [-0.4, -0.2) is 6.54 Å². The first-order chi connectivity index (χ1) is 5.79. The molecule has 0 saturated carbocycles. The van der Waals surface area contributed by atoms with Crippen LogP contribution in [0.2, 0.25) is 5.02 Å². The summed E-state index contributed by atoms with van der Waals surface area (Å²) in [6.07, 6.45) is 0.738. The first-order valence-electron chi connectivity index (χ1n) is 3.95. The average Bonchev–Trinajstić information content (AvgIpc) is 2.12. The summed E-state index contributed by atoms with van der Waals surface area (Å²) in [6.45, 7) is 1.52. The third-order valence-corrected chi connectivity index (χ3v) is 2.52. The van der Waals surface area contributed by atoms with Crippen molar-refractivity contribution in [3.05, 3.63) is 34.1 Å². The van der Waals surface area contributed by atoms with Gasteiger partial charge < -0.3 is 5.32 Å². The Morgan fingerprint density at radius 2 is 2.17 bits per heavy atom. The Hall–Kier alpha value is -0.600. The monoisotopic (exact) mass is 185 g/mol. The lowest BCUT2D eigenvalue weighted by Crippen LogP contribution is -2.24. The van der Waals surface area contributed by atoms with E-state index in [0.717, 1.165) is 24.1 Å². The van der Waals surface area contributed by atoms with Crippen molar-refractivity contribution in [3.63, 3.8) is 0 Å². The zero-order chi connectivity index (χ0) is 8.55. The lowest BCUT2D eigenvalue weighted by atomic mass is 10.0. The number of benzene rings is 1. The zero-order valence-electron chi connectivity index (χ0n) is 6.53.